The molecule has 1 amide bonds. The average Bonchev–Trinajstić information content (AvgIpc) is 3.06. The number of carbonyl (C=O) groups excluding carboxylic acids is 1. The van der Waals surface area contributed by atoms with Crippen LogP contribution in [-0.4, -0.2) is 45.1 Å². The van der Waals surface area contributed by atoms with Gasteiger partial charge in [0.1, 0.15) is 23.6 Å². The van der Waals surface area contributed by atoms with Gasteiger partial charge in [0.25, 0.3) is 0 Å². The van der Waals surface area contributed by atoms with E-state index in [1.165, 1.54) is 18.5 Å². The Kier molecular flexibility index (Phi) is 5.74. The molecule has 30 heavy (non-hydrogen) atoms. The van der Waals surface area contributed by atoms with Crippen LogP contribution in [0.2, 0.25) is 5.02 Å². The van der Waals surface area contributed by atoms with Gasteiger partial charge in [0.2, 0.25) is 5.91 Å². The Labute approximate surface area is 168 Å². The van der Waals surface area contributed by atoms with E-state index in [0.29, 0.717) is 22.8 Å². The smallest absolute Gasteiger partial charge is 0.360 e. The van der Waals surface area contributed by atoms with Crippen LogP contribution in [0.25, 0.3) is 22.4 Å². The minimum Gasteiger partial charge on any atom is -0.360 e. The maximum atomic E-state index is 13.3. The molecule has 3 rings (SSSR count). The van der Waals surface area contributed by atoms with Crippen LogP contribution in [0.1, 0.15) is 5.56 Å². The largest absolute Gasteiger partial charge is 0.421 e. The number of nitrogens with zero attached hydrogens (tertiary/aromatic N) is 3. The minimum atomic E-state index is -4.87. The summed E-state index contributed by atoms with van der Waals surface area (Å²) in [5.74, 6) is -2.07. The standard InChI is InChI=1S/C16H11ClF6N6O/c17-7-1-8-9(3-25-12(8)24-2-7)13-26-4-10(16(21,22)23)14(29-13)27-5-11(30)28-6-15(18,19)20/h1-4H,5-6H2,(H,24,25)(H,28,30)(H,26,27,29). The van der Waals surface area contributed by atoms with Crippen LogP contribution in [0.3, 0.4) is 0 Å². The number of aromatic nitrogens is 4. The SMILES string of the molecule is O=C(CNc1nc(-c2c[nH]c3ncc(Cl)cc23)ncc1C(F)(F)F)NCC(F)(F)F. The summed E-state index contributed by atoms with van der Waals surface area (Å²) in [6.07, 6.45) is -6.23. The first-order valence-corrected chi connectivity index (χ1v) is 8.46. The molecule has 3 heterocycles. The number of anilines is 1. The van der Waals surface area contributed by atoms with Crippen LogP contribution in [0.4, 0.5) is 32.2 Å². The van der Waals surface area contributed by atoms with E-state index in [4.69, 9.17) is 11.6 Å². The van der Waals surface area contributed by atoms with Crippen molar-refractivity contribution in [1.29, 1.82) is 0 Å². The fourth-order valence-corrected chi connectivity index (χ4v) is 2.60. The Morgan fingerprint density at radius 2 is 1.87 bits per heavy atom. The molecule has 14 heteroatoms. The monoisotopic (exact) mass is 452 g/mol. The number of amides is 1. The zero-order valence-electron chi connectivity index (χ0n) is 14.6. The van der Waals surface area contributed by atoms with Crippen molar-refractivity contribution in [3.05, 3.63) is 35.2 Å². The van der Waals surface area contributed by atoms with Gasteiger partial charge < -0.3 is 15.6 Å². The quantitative estimate of drug-likeness (QED) is 0.512. The first kappa shape index (κ1) is 21.6. The minimum absolute atomic E-state index is 0.142. The number of halogens is 7. The lowest BCUT2D eigenvalue weighted by atomic mass is 10.2. The lowest BCUT2D eigenvalue weighted by Gasteiger charge is -2.14. The van der Waals surface area contributed by atoms with Crippen molar-refractivity contribution in [2.75, 3.05) is 18.4 Å². The summed E-state index contributed by atoms with van der Waals surface area (Å²) in [5, 5.41) is 4.37. The van der Waals surface area contributed by atoms with E-state index in [0.717, 1.165) is 0 Å². The highest BCUT2D eigenvalue weighted by molar-refractivity contribution is 6.31. The van der Waals surface area contributed by atoms with Gasteiger partial charge in [-0.05, 0) is 6.07 Å². The second kappa shape index (κ2) is 7.97. The Hall–Kier alpha value is -3.09. The van der Waals surface area contributed by atoms with Crippen molar-refractivity contribution in [2.24, 2.45) is 0 Å². The molecule has 7 nitrogen and oxygen atoms in total. The molecule has 0 saturated heterocycles. The van der Waals surface area contributed by atoms with Gasteiger partial charge in [0.15, 0.2) is 5.82 Å². The van der Waals surface area contributed by atoms with Gasteiger partial charge in [-0.3, -0.25) is 4.79 Å². The van der Waals surface area contributed by atoms with Crippen LogP contribution in [0.5, 0.6) is 0 Å². The molecule has 0 radical (unpaired) electrons. The van der Waals surface area contributed by atoms with E-state index in [2.05, 4.69) is 25.3 Å². The van der Waals surface area contributed by atoms with Gasteiger partial charge in [-0.25, -0.2) is 15.0 Å². The zero-order chi connectivity index (χ0) is 22.1. The molecule has 160 valence electrons. The third kappa shape index (κ3) is 5.09. The topological polar surface area (TPSA) is 95.6 Å². The Morgan fingerprint density at radius 1 is 1.13 bits per heavy atom. The molecule has 3 N–H and O–H groups in total. The van der Waals surface area contributed by atoms with Crippen LogP contribution in [0.15, 0.2) is 24.7 Å². The van der Waals surface area contributed by atoms with Crippen LogP contribution < -0.4 is 10.6 Å². The molecule has 0 aliphatic rings. The van der Waals surface area contributed by atoms with Crippen molar-refractivity contribution in [3.8, 4) is 11.4 Å². The highest BCUT2D eigenvalue weighted by Gasteiger charge is 2.35. The molecule has 0 aromatic carbocycles. The number of rotatable bonds is 5. The van der Waals surface area contributed by atoms with E-state index < -0.39 is 42.7 Å². The maximum Gasteiger partial charge on any atom is 0.421 e. The Morgan fingerprint density at radius 3 is 2.53 bits per heavy atom. The fourth-order valence-electron chi connectivity index (χ4n) is 2.44. The number of hydrogen-bond donors (Lipinski definition) is 3. The number of aromatic amines is 1. The zero-order valence-corrected chi connectivity index (χ0v) is 15.4. The van der Waals surface area contributed by atoms with E-state index in [1.54, 1.807) is 5.32 Å². The number of H-pyrrole nitrogens is 1. The van der Waals surface area contributed by atoms with Crippen molar-refractivity contribution in [1.82, 2.24) is 25.3 Å². The van der Waals surface area contributed by atoms with E-state index in [1.807, 2.05) is 0 Å². The third-order valence-corrected chi connectivity index (χ3v) is 3.94. The molecule has 0 atom stereocenters. The summed E-state index contributed by atoms with van der Waals surface area (Å²) < 4.78 is 76.2. The summed E-state index contributed by atoms with van der Waals surface area (Å²) in [7, 11) is 0. The average molecular weight is 453 g/mol. The summed E-state index contributed by atoms with van der Waals surface area (Å²) >= 11 is 5.89. The van der Waals surface area contributed by atoms with Gasteiger partial charge in [0, 0.05) is 29.5 Å². The van der Waals surface area contributed by atoms with Crippen molar-refractivity contribution in [2.45, 2.75) is 12.4 Å². The molecule has 3 aromatic rings. The second-order valence-corrected chi connectivity index (χ2v) is 6.39. The first-order chi connectivity index (χ1) is 13.9. The number of nitrogens with one attached hydrogen (secondary N) is 3. The number of alkyl halides is 6. The van der Waals surface area contributed by atoms with E-state index in [9.17, 15) is 31.1 Å². The molecular formula is C16H11ClF6N6O. The van der Waals surface area contributed by atoms with Gasteiger partial charge in [-0.15, -0.1) is 0 Å². The van der Waals surface area contributed by atoms with E-state index in [-0.39, 0.29) is 10.8 Å². The highest BCUT2D eigenvalue weighted by Crippen LogP contribution is 2.35. The van der Waals surface area contributed by atoms with Crippen LogP contribution in [-0.2, 0) is 11.0 Å². The molecule has 0 unspecified atom stereocenters. The predicted molar refractivity (Wildman–Crippen MR) is 94.7 cm³/mol. The molecule has 0 aliphatic heterocycles. The lowest BCUT2D eigenvalue weighted by molar-refractivity contribution is -0.138. The number of pyridine rings is 1. The Bertz CT molecular complexity index is 1080. The van der Waals surface area contributed by atoms with Crippen LogP contribution in [0, 0.1) is 0 Å². The molecule has 0 fully saturated rings. The fraction of sp³-hybridized carbons (Fsp3) is 0.250. The normalized spacial score (nSPS) is 12.2. The first-order valence-electron chi connectivity index (χ1n) is 8.08. The summed E-state index contributed by atoms with van der Waals surface area (Å²) in [5.41, 5.74) is -0.608. The lowest BCUT2D eigenvalue weighted by Crippen LogP contribution is -2.37. The third-order valence-electron chi connectivity index (χ3n) is 3.74. The summed E-state index contributed by atoms with van der Waals surface area (Å²) in [4.78, 5) is 25.9. The number of hydrogen-bond acceptors (Lipinski definition) is 5. The molecule has 0 spiro atoms. The molecule has 3 aromatic heterocycles. The van der Waals surface area contributed by atoms with Crippen molar-refractivity contribution in [3.63, 3.8) is 0 Å². The van der Waals surface area contributed by atoms with Crippen molar-refractivity contribution < 1.29 is 31.1 Å². The van der Waals surface area contributed by atoms with E-state index >= 15 is 0 Å². The predicted octanol–water partition coefficient (Wildman–Crippen LogP) is 3.78. The highest BCUT2D eigenvalue weighted by atomic mass is 35.5. The van der Waals surface area contributed by atoms with Gasteiger partial charge in [0.05, 0.1) is 11.6 Å². The summed E-state index contributed by atoms with van der Waals surface area (Å²) in [6.45, 7) is -2.48. The van der Waals surface area contributed by atoms with Crippen molar-refractivity contribution >= 4 is 34.4 Å². The van der Waals surface area contributed by atoms with Gasteiger partial charge >= 0.3 is 12.4 Å². The molecule has 0 saturated carbocycles. The Balaban J connectivity index is 1.91. The molecular weight excluding hydrogens is 442 g/mol. The molecule has 0 aliphatic carbocycles. The maximum absolute atomic E-state index is 13.3. The van der Waals surface area contributed by atoms with Crippen LogP contribution >= 0.6 is 11.6 Å². The second-order valence-electron chi connectivity index (χ2n) is 5.95. The van der Waals surface area contributed by atoms with Gasteiger partial charge in [-0.2, -0.15) is 26.3 Å². The molecule has 0 bridgehead atoms. The number of carbonyl (C=O) groups is 1. The van der Waals surface area contributed by atoms with Gasteiger partial charge in [-0.1, -0.05) is 11.6 Å². The summed E-state index contributed by atoms with van der Waals surface area (Å²) in [6, 6.07) is 1.51. The number of fused-ring (bicyclic) bond motifs is 1.